The summed E-state index contributed by atoms with van der Waals surface area (Å²) in [5.74, 6) is 0.688. The second-order valence-corrected chi connectivity index (χ2v) is 5.22. The minimum atomic E-state index is -0.247. The van der Waals surface area contributed by atoms with Crippen molar-refractivity contribution in [3.8, 4) is 0 Å². The quantitative estimate of drug-likeness (QED) is 0.783. The molecule has 0 saturated heterocycles. The zero-order valence-corrected chi connectivity index (χ0v) is 12.0. The number of aromatic nitrogens is 1. The van der Waals surface area contributed by atoms with E-state index in [2.05, 4.69) is 29.0 Å². The van der Waals surface area contributed by atoms with Crippen LogP contribution in [0.5, 0.6) is 0 Å². The largest absolute Gasteiger partial charge is 0.357 e. The summed E-state index contributed by atoms with van der Waals surface area (Å²) in [4.78, 5) is 6.55. The number of pyridine rings is 1. The lowest BCUT2D eigenvalue weighted by Gasteiger charge is -2.24. The van der Waals surface area contributed by atoms with Crippen molar-refractivity contribution in [1.29, 1.82) is 0 Å². The molecule has 0 aliphatic heterocycles. The number of halogens is 1. The highest BCUT2D eigenvalue weighted by Crippen LogP contribution is 2.23. The fourth-order valence-electron chi connectivity index (χ4n) is 2.19. The van der Waals surface area contributed by atoms with Crippen molar-refractivity contribution in [1.82, 2.24) is 10.3 Å². The number of nitrogens with zero attached hydrogens (tertiary/aromatic N) is 2. The first-order valence-electron chi connectivity index (χ1n) is 7.37. The van der Waals surface area contributed by atoms with Crippen LogP contribution in [0.25, 0.3) is 0 Å². The maximum atomic E-state index is 13.4. The lowest BCUT2D eigenvalue weighted by Crippen LogP contribution is -2.27. The van der Waals surface area contributed by atoms with Crippen molar-refractivity contribution >= 4 is 5.82 Å². The molecule has 1 aromatic rings. The van der Waals surface area contributed by atoms with Gasteiger partial charge in [-0.3, -0.25) is 0 Å². The summed E-state index contributed by atoms with van der Waals surface area (Å²) in [6.07, 6.45) is 6.11. The lowest BCUT2D eigenvalue weighted by atomic mass is 10.2. The van der Waals surface area contributed by atoms with E-state index in [1.807, 2.05) is 0 Å². The predicted octanol–water partition coefficient (Wildman–Crippen LogP) is 3.10. The molecule has 1 N–H and O–H groups in total. The van der Waals surface area contributed by atoms with Crippen molar-refractivity contribution in [3.05, 3.63) is 23.6 Å². The molecule has 1 aliphatic carbocycles. The van der Waals surface area contributed by atoms with Crippen LogP contribution in [0.2, 0.25) is 0 Å². The highest BCUT2D eigenvalue weighted by atomic mass is 19.1. The van der Waals surface area contributed by atoms with Gasteiger partial charge in [0.05, 0.1) is 6.20 Å². The smallest absolute Gasteiger partial charge is 0.141 e. The molecule has 4 heteroatoms. The second kappa shape index (κ2) is 6.85. The Hall–Kier alpha value is -1.16. The summed E-state index contributed by atoms with van der Waals surface area (Å²) in [5, 5.41) is 3.44. The summed E-state index contributed by atoms with van der Waals surface area (Å²) in [5.41, 5.74) is 0.977. The summed E-state index contributed by atoms with van der Waals surface area (Å²) in [6.45, 7) is 6.92. The number of hydrogen-bond acceptors (Lipinski definition) is 3. The minimum absolute atomic E-state index is 0.247. The Balaban J connectivity index is 2.10. The van der Waals surface area contributed by atoms with Gasteiger partial charge in [0.1, 0.15) is 11.6 Å². The van der Waals surface area contributed by atoms with Gasteiger partial charge in [-0.05, 0) is 32.3 Å². The number of hydrogen-bond donors (Lipinski definition) is 1. The molecule has 19 heavy (non-hydrogen) atoms. The molecule has 0 amide bonds. The Morgan fingerprint density at radius 3 is 2.84 bits per heavy atom. The highest BCUT2D eigenvalue weighted by Gasteiger charge is 2.21. The standard InChI is InChI=1S/C15H24FN3/c1-3-5-8-19(4-2)15-12(9-13(16)11-18-15)10-17-14-6-7-14/h9,11,14,17H,3-8,10H2,1-2H3. The zero-order valence-electron chi connectivity index (χ0n) is 12.0. The van der Waals surface area contributed by atoms with Crippen LogP contribution in [0.4, 0.5) is 10.2 Å². The maximum Gasteiger partial charge on any atom is 0.141 e. The first kappa shape index (κ1) is 14.3. The van der Waals surface area contributed by atoms with E-state index in [1.54, 1.807) is 6.07 Å². The number of anilines is 1. The van der Waals surface area contributed by atoms with Crippen molar-refractivity contribution in [2.75, 3.05) is 18.0 Å². The van der Waals surface area contributed by atoms with Crippen molar-refractivity contribution in [3.63, 3.8) is 0 Å². The molecule has 2 rings (SSSR count). The summed E-state index contributed by atoms with van der Waals surface area (Å²) < 4.78 is 13.4. The van der Waals surface area contributed by atoms with E-state index in [4.69, 9.17) is 0 Å². The van der Waals surface area contributed by atoms with E-state index < -0.39 is 0 Å². The molecular formula is C15H24FN3. The molecule has 0 aromatic carbocycles. The van der Waals surface area contributed by atoms with Gasteiger partial charge in [0.2, 0.25) is 0 Å². The average Bonchev–Trinajstić information content (AvgIpc) is 3.23. The van der Waals surface area contributed by atoms with Gasteiger partial charge >= 0.3 is 0 Å². The summed E-state index contributed by atoms with van der Waals surface area (Å²) in [7, 11) is 0. The van der Waals surface area contributed by atoms with E-state index in [9.17, 15) is 4.39 Å². The highest BCUT2D eigenvalue weighted by molar-refractivity contribution is 5.46. The van der Waals surface area contributed by atoms with Crippen LogP contribution >= 0.6 is 0 Å². The van der Waals surface area contributed by atoms with Gasteiger partial charge in [0.15, 0.2) is 0 Å². The van der Waals surface area contributed by atoms with Crippen LogP contribution in [0.3, 0.4) is 0 Å². The van der Waals surface area contributed by atoms with E-state index >= 15 is 0 Å². The molecule has 1 aromatic heterocycles. The third kappa shape index (κ3) is 4.16. The normalized spacial score (nSPS) is 14.7. The minimum Gasteiger partial charge on any atom is -0.357 e. The number of unbranched alkanes of at least 4 members (excludes halogenated alkanes) is 1. The Bertz CT molecular complexity index is 404. The summed E-state index contributed by atoms with van der Waals surface area (Å²) >= 11 is 0. The van der Waals surface area contributed by atoms with E-state index in [0.29, 0.717) is 12.6 Å². The fraction of sp³-hybridized carbons (Fsp3) is 0.667. The molecule has 1 aliphatic rings. The topological polar surface area (TPSA) is 28.2 Å². The fourth-order valence-corrected chi connectivity index (χ4v) is 2.19. The van der Waals surface area contributed by atoms with Crippen molar-refractivity contribution < 1.29 is 4.39 Å². The van der Waals surface area contributed by atoms with Crippen LogP contribution in [-0.2, 0) is 6.54 Å². The van der Waals surface area contributed by atoms with Crippen LogP contribution in [-0.4, -0.2) is 24.1 Å². The molecule has 1 fully saturated rings. The first-order chi connectivity index (χ1) is 9.24. The van der Waals surface area contributed by atoms with Gasteiger partial charge in [-0.25, -0.2) is 9.37 Å². The Labute approximate surface area is 115 Å². The van der Waals surface area contributed by atoms with Gasteiger partial charge in [0.25, 0.3) is 0 Å². The molecule has 3 nitrogen and oxygen atoms in total. The van der Waals surface area contributed by atoms with Crippen molar-refractivity contribution in [2.24, 2.45) is 0 Å². The Kier molecular flexibility index (Phi) is 5.14. The SMILES string of the molecule is CCCCN(CC)c1ncc(F)cc1CNC1CC1. The first-order valence-corrected chi connectivity index (χ1v) is 7.37. The van der Waals surface area contributed by atoms with Gasteiger partial charge in [-0.15, -0.1) is 0 Å². The molecule has 0 unspecified atom stereocenters. The van der Waals surface area contributed by atoms with Crippen LogP contribution in [0.1, 0.15) is 45.1 Å². The third-order valence-corrected chi connectivity index (χ3v) is 3.53. The van der Waals surface area contributed by atoms with E-state index in [-0.39, 0.29) is 5.82 Å². The molecule has 0 spiro atoms. The Morgan fingerprint density at radius 2 is 2.21 bits per heavy atom. The van der Waals surface area contributed by atoms with E-state index in [0.717, 1.165) is 37.3 Å². The maximum absolute atomic E-state index is 13.4. The number of nitrogens with one attached hydrogen (secondary N) is 1. The second-order valence-electron chi connectivity index (χ2n) is 5.22. The lowest BCUT2D eigenvalue weighted by molar-refractivity contribution is 0.608. The molecule has 0 atom stereocenters. The molecule has 1 heterocycles. The summed E-state index contributed by atoms with van der Waals surface area (Å²) in [6, 6.07) is 2.24. The molecule has 106 valence electrons. The van der Waals surface area contributed by atoms with Gasteiger partial charge in [-0.1, -0.05) is 13.3 Å². The molecule has 1 saturated carbocycles. The average molecular weight is 265 g/mol. The van der Waals surface area contributed by atoms with Gasteiger partial charge in [0, 0.05) is 31.2 Å². The monoisotopic (exact) mass is 265 g/mol. The number of rotatable bonds is 8. The van der Waals surface area contributed by atoms with Gasteiger partial charge in [-0.2, -0.15) is 0 Å². The third-order valence-electron chi connectivity index (χ3n) is 3.53. The van der Waals surface area contributed by atoms with Crippen LogP contribution < -0.4 is 10.2 Å². The van der Waals surface area contributed by atoms with Crippen molar-refractivity contribution in [2.45, 2.75) is 52.1 Å². The molecular weight excluding hydrogens is 241 g/mol. The molecule has 0 bridgehead atoms. The Morgan fingerprint density at radius 1 is 1.42 bits per heavy atom. The van der Waals surface area contributed by atoms with Gasteiger partial charge < -0.3 is 10.2 Å². The molecule has 0 radical (unpaired) electrons. The zero-order chi connectivity index (χ0) is 13.7. The van der Waals surface area contributed by atoms with Crippen LogP contribution in [0, 0.1) is 5.82 Å². The van der Waals surface area contributed by atoms with Crippen LogP contribution in [0.15, 0.2) is 12.3 Å². The predicted molar refractivity (Wildman–Crippen MR) is 76.9 cm³/mol. The van der Waals surface area contributed by atoms with E-state index in [1.165, 1.54) is 19.0 Å².